The van der Waals surface area contributed by atoms with Gasteiger partial charge in [0.2, 0.25) is 0 Å². The first-order valence-corrected chi connectivity index (χ1v) is 4.77. The Morgan fingerprint density at radius 1 is 1.40 bits per heavy atom. The molecule has 0 saturated carbocycles. The molecule has 0 atom stereocenters. The van der Waals surface area contributed by atoms with Crippen LogP contribution in [0.3, 0.4) is 0 Å². The number of aryl methyl sites for hydroxylation is 1. The summed E-state index contributed by atoms with van der Waals surface area (Å²) in [6.45, 7) is 1.56. The zero-order chi connectivity index (χ0) is 11.0. The number of aromatic nitrogens is 1. The molecule has 0 bridgehead atoms. The van der Waals surface area contributed by atoms with Crippen molar-refractivity contribution in [3.63, 3.8) is 0 Å². The Labute approximate surface area is 88.3 Å². The Bertz CT molecular complexity index is 526. The molecule has 0 aliphatic heterocycles. The first-order valence-electron chi connectivity index (χ1n) is 4.77. The van der Waals surface area contributed by atoms with Crippen molar-refractivity contribution in [1.29, 1.82) is 0 Å². The molecule has 2 aromatic rings. The molecule has 78 valence electrons. The van der Waals surface area contributed by atoms with Crippen LogP contribution in [0.4, 0.5) is 0 Å². The molecule has 0 radical (unpaired) electrons. The summed E-state index contributed by atoms with van der Waals surface area (Å²) in [5, 5.41) is 1.03. The van der Waals surface area contributed by atoms with Gasteiger partial charge >= 0.3 is 0 Å². The second kappa shape index (κ2) is 3.42. The van der Waals surface area contributed by atoms with Crippen LogP contribution in [-0.4, -0.2) is 17.5 Å². The van der Waals surface area contributed by atoms with Crippen molar-refractivity contribution in [3.05, 3.63) is 30.0 Å². The Balaban J connectivity index is 2.79. The summed E-state index contributed by atoms with van der Waals surface area (Å²) in [6, 6.07) is 5.66. The second-order valence-corrected chi connectivity index (χ2v) is 3.59. The van der Waals surface area contributed by atoms with Crippen LogP contribution in [0.1, 0.15) is 17.3 Å². The maximum atomic E-state index is 11.3. The van der Waals surface area contributed by atoms with E-state index in [-0.39, 0.29) is 5.78 Å². The minimum absolute atomic E-state index is 0.0522. The fourth-order valence-electron chi connectivity index (χ4n) is 1.71. The van der Waals surface area contributed by atoms with Gasteiger partial charge in [0.25, 0.3) is 0 Å². The summed E-state index contributed by atoms with van der Waals surface area (Å²) < 4.78 is 7.24. The molecule has 1 aromatic heterocycles. The highest BCUT2D eigenvalue weighted by Crippen LogP contribution is 2.28. The van der Waals surface area contributed by atoms with Crippen LogP contribution in [-0.2, 0) is 7.05 Å². The van der Waals surface area contributed by atoms with Crippen LogP contribution in [0.15, 0.2) is 24.4 Å². The minimum atomic E-state index is 0.0522. The molecular formula is C12H13NO2. The molecular weight excluding hydrogens is 190 g/mol. The van der Waals surface area contributed by atoms with Crippen molar-refractivity contribution in [2.75, 3.05) is 7.11 Å². The molecule has 2 rings (SSSR count). The van der Waals surface area contributed by atoms with Crippen molar-refractivity contribution >= 4 is 16.7 Å². The summed E-state index contributed by atoms with van der Waals surface area (Å²) in [5.41, 5.74) is 1.70. The van der Waals surface area contributed by atoms with E-state index in [2.05, 4.69) is 0 Å². The fraction of sp³-hybridized carbons (Fsp3) is 0.250. The van der Waals surface area contributed by atoms with Gasteiger partial charge in [-0.05, 0) is 25.1 Å². The van der Waals surface area contributed by atoms with Gasteiger partial charge in [-0.2, -0.15) is 0 Å². The highest BCUT2D eigenvalue weighted by atomic mass is 16.5. The van der Waals surface area contributed by atoms with E-state index in [4.69, 9.17) is 4.74 Å². The number of ketones is 1. The second-order valence-electron chi connectivity index (χ2n) is 3.59. The lowest BCUT2D eigenvalue weighted by atomic mass is 10.1. The number of methoxy groups -OCH3 is 1. The third-order valence-corrected chi connectivity index (χ3v) is 2.59. The number of carbonyl (C=O) groups is 1. The summed E-state index contributed by atoms with van der Waals surface area (Å²) in [5.74, 6) is 0.801. The van der Waals surface area contributed by atoms with Crippen LogP contribution in [0.25, 0.3) is 10.9 Å². The van der Waals surface area contributed by atoms with E-state index in [1.165, 1.54) is 0 Å². The van der Waals surface area contributed by atoms with Crippen LogP contribution in [0, 0.1) is 0 Å². The van der Waals surface area contributed by atoms with Crippen LogP contribution >= 0.6 is 0 Å². The summed E-state index contributed by atoms with van der Waals surface area (Å²) in [4.78, 5) is 11.3. The van der Waals surface area contributed by atoms with Crippen molar-refractivity contribution in [2.24, 2.45) is 7.05 Å². The van der Waals surface area contributed by atoms with Crippen molar-refractivity contribution in [3.8, 4) is 5.75 Å². The van der Waals surface area contributed by atoms with E-state index < -0.39 is 0 Å². The van der Waals surface area contributed by atoms with Gasteiger partial charge in [-0.15, -0.1) is 0 Å². The summed E-state index contributed by atoms with van der Waals surface area (Å²) in [7, 11) is 3.57. The van der Waals surface area contributed by atoms with Crippen LogP contribution < -0.4 is 4.74 Å². The number of Topliss-reactive ketones (excluding diaryl/α,β-unsaturated/α-hetero) is 1. The maximum Gasteiger partial charge on any atom is 0.160 e. The molecule has 3 nitrogen and oxygen atoms in total. The van der Waals surface area contributed by atoms with E-state index in [0.717, 1.165) is 16.7 Å². The van der Waals surface area contributed by atoms with Crippen LogP contribution in [0.2, 0.25) is 0 Å². The quantitative estimate of drug-likeness (QED) is 0.702. The van der Waals surface area contributed by atoms with E-state index in [9.17, 15) is 4.79 Å². The van der Waals surface area contributed by atoms with Crippen LogP contribution in [0.5, 0.6) is 5.75 Å². The Morgan fingerprint density at radius 2 is 2.13 bits per heavy atom. The summed E-state index contributed by atoms with van der Waals surface area (Å²) >= 11 is 0. The third kappa shape index (κ3) is 1.50. The number of rotatable bonds is 2. The third-order valence-electron chi connectivity index (χ3n) is 2.59. The van der Waals surface area contributed by atoms with Crippen molar-refractivity contribution in [2.45, 2.75) is 6.92 Å². The van der Waals surface area contributed by atoms with Gasteiger partial charge in [0.1, 0.15) is 5.75 Å². The van der Waals surface area contributed by atoms with Gasteiger partial charge in [-0.3, -0.25) is 4.79 Å². The number of fused-ring (bicyclic) bond motifs is 1. The molecule has 0 aliphatic rings. The van der Waals surface area contributed by atoms with Gasteiger partial charge in [0.15, 0.2) is 5.78 Å². The van der Waals surface area contributed by atoms with Gasteiger partial charge in [0, 0.05) is 24.2 Å². The fourth-order valence-corrected chi connectivity index (χ4v) is 1.71. The van der Waals surface area contributed by atoms with Crippen molar-refractivity contribution < 1.29 is 9.53 Å². The SMILES string of the molecule is COc1cc(C(C)=O)cc2c1ccn2C. The molecule has 0 aliphatic carbocycles. The monoisotopic (exact) mass is 203 g/mol. The Hall–Kier alpha value is -1.77. The maximum absolute atomic E-state index is 11.3. The van der Waals surface area contributed by atoms with E-state index >= 15 is 0 Å². The lowest BCUT2D eigenvalue weighted by Crippen LogP contribution is -1.95. The Kier molecular flexibility index (Phi) is 2.23. The molecule has 0 saturated heterocycles. The van der Waals surface area contributed by atoms with Gasteiger partial charge in [-0.25, -0.2) is 0 Å². The predicted molar refractivity (Wildman–Crippen MR) is 59.5 cm³/mol. The average Bonchev–Trinajstić information content (AvgIpc) is 2.59. The van der Waals surface area contributed by atoms with E-state index in [1.54, 1.807) is 20.1 Å². The first-order chi connectivity index (χ1) is 7.13. The van der Waals surface area contributed by atoms with E-state index in [0.29, 0.717) is 5.56 Å². The zero-order valence-electron chi connectivity index (χ0n) is 9.07. The largest absolute Gasteiger partial charge is 0.496 e. The number of hydrogen-bond acceptors (Lipinski definition) is 2. The van der Waals surface area contributed by atoms with E-state index in [1.807, 2.05) is 29.9 Å². The Morgan fingerprint density at radius 3 is 2.73 bits per heavy atom. The molecule has 0 N–H and O–H groups in total. The number of carbonyl (C=O) groups excluding carboxylic acids is 1. The topological polar surface area (TPSA) is 31.2 Å². The molecule has 1 heterocycles. The molecule has 0 amide bonds. The van der Waals surface area contributed by atoms with Gasteiger partial charge in [0.05, 0.1) is 12.6 Å². The molecule has 15 heavy (non-hydrogen) atoms. The number of ether oxygens (including phenoxy) is 1. The highest BCUT2D eigenvalue weighted by molar-refractivity contribution is 6.00. The highest BCUT2D eigenvalue weighted by Gasteiger charge is 2.09. The smallest absolute Gasteiger partial charge is 0.160 e. The standard InChI is InChI=1S/C12H13NO2/c1-8(14)9-6-11-10(4-5-13(11)2)12(7-9)15-3/h4-7H,1-3H3. The average molecular weight is 203 g/mol. The first kappa shape index (κ1) is 9.77. The lowest BCUT2D eigenvalue weighted by Gasteiger charge is -2.05. The number of hydrogen-bond donors (Lipinski definition) is 0. The van der Waals surface area contributed by atoms with Gasteiger partial charge < -0.3 is 9.30 Å². The van der Waals surface area contributed by atoms with Crippen molar-refractivity contribution in [1.82, 2.24) is 4.57 Å². The predicted octanol–water partition coefficient (Wildman–Crippen LogP) is 2.39. The molecule has 3 heteroatoms. The normalized spacial score (nSPS) is 10.6. The lowest BCUT2D eigenvalue weighted by molar-refractivity contribution is 0.101. The molecule has 0 fully saturated rings. The molecule has 0 unspecified atom stereocenters. The minimum Gasteiger partial charge on any atom is -0.496 e. The number of benzene rings is 1. The number of nitrogens with zero attached hydrogens (tertiary/aromatic N) is 1. The van der Waals surface area contributed by atoms with Gasteiger partial charge in [-0.1, -0.05) is 0 Å². The zero-order valence-corrected chi connectivity index (χ0v) is 9.07. The summed E-state index contributed by atoms with van der Waals surface area (Å²) in [6.07, 6.45) is 1.96. The molecule has 1 aromatic carbocycles. The molecule has 0 spiro atoms.